The second-order valence-corrected chi connectivity index (χ2v) is 5.82. The van der Waals surface area contributed by atoms with Crippen molar-refractivity contribution in [1.29, 1.82) is 0 Å². The minimum atomic E-state index is -0.818. The molecule has 2 aliphatic rings. The number of carbonyl (C=O) groups excluding carboxylic acids is 1. The zero-order chi connectivity index (χ0) is 13.1. The lowest BCUT2D eigenvalue weighted by Crippen LogP contribution is -2.42. The number of rotatable bonds is 4. The molecule has 0 unspecified atom stereocenters. The first-order valence-corrected chi connectivity index (χ1v) is 7.12. The van der Waals surface area contributed by atoms with Gasteiger partial charge < -0.3 is 10.4 Å². The molecule has 2 rings (SSSR count). The minimum absolute atomic E-state index is 0.0423. The molecule has 4 heteroatoms. The van der Waals surface area contributed by atoms with E-state index in [2.05, 4.69) is 12.2 Å². The molecule has 0 aromatic carbocycles. The average molecular weight is 253 g/mol. The minimum Gasteiger partial charge on any atom is -0.481 e. The Bertz CT molecular complexity index is 323. The van der Waals surface area contributed by atoms with Gasteiger partial charge in [-0.15, -0.1) is 0 Å². The number of hydrogen-bond acceptors (Lipinski definition) is 2. The van der Waals surface area contributed by atoms with Crippen molar-refractivity contribution in [2.24, 2.45) is 17.8 Å². The predicted octanol–water partition coefficient (Wildman–Crippen LogP) is 2.18. The van der Waals surface area contributed by atoms with Crippen LogP contribution in [0.1, 0.15) is 51.9 Å². The molecule has 18 heavy (non-hydrogen) atoms. The van der Waals surface area contributed by atoms with Gasteiger partial charge in [0, 0.05) is 6.04 Å². The van der Waals surface area contributed by atoms with E-state index in [4.69, 9.17) is 5.11 Å². The Kier molecular flexibility index (Phi) is 4.25. The molecule has 0 spiro atoms. The van der Waals surface area contributed by atoms with Gasteiger partial charge in [-0.2, -0.15) is 0 Å². The van der Waals surface area contributed by atoms with E-state index in [1.165, 1.54) is 25.7 Å². The van der Waals surface area contributed by atoms with E-state index in [1.807, 2.05) is 0 Å². The highest BCUT2D eigenvalue weighted by molar-refractivity contribution is 5.85. The van der Waals surface area contributed by atoms with E-state index in [0.29, 0.717) is 12.3 Å². The number of aliphatic carboxylic acids is 1. The normalized spacial score (nSPS) is 30.3. The quantitative estimate of drug-likeness (QED) is 0.807. The summed E-state index contributed by atoms with van der Waals surface area (Å²) >= 11 is 0. The summed E-state index contributed by atoms with van der Waals surface area (Å²) in [6, 6.07) is 0.190. The number of amides is 1. The van der Waals surface area contributed by atoms with Gasteiger partial charge in [0.25, 0.3) is 0 Å². The standard InChI is InChI=1S/C14H23NO3/c1-9(10-5-2-3-6-10)15-13(16)11-7-4-8-12(11)14(17)18/h9-12H,2-8H2,1H3,(H,15,16)(H,17,18)/t9-,11-,12+/m1/s1. The van der Waals surface area contributed by atoms with Gasteiger partial charge in [-0.1, -0.05) is 19.3 Å². The van der Waals surface area contributed by atoms with Crippen molar-refractivity contribution in [3.8, 4) is 0 Å². The van der Waals surface area contributed by atoms with Gasteiger partial charge in [-0.05, 0) is 38.5 Å². The molecule has 3 atom stereocenters. The molecule has 0 bridgehead atoms. The van der Waals surface area contributed by atoms with Crippen LogP contribution in [0.2, 0.25) is 0 Å². The van der Waals surface area contributed by atoms with E-state index < -0.39 is 11.9 Å². The summed E-state index contributed by atoms with van der Waals surface area (Å²) in [5.41, 5.74) is 0. The number of carbonyl (C=O) groups is 2. The highest BCUT2D eigenvalue weighted by Gasteiger charge is 2.38. The number of nitrogens with one attached hydrogen (secondary N) is 1. The molecule has 2 fully saturated rings. The Morgan fingerprint density at radius 2 is 1.67 bits per heavy atom. The second-order valence-electron chi connectivity index (χ2n) is 5.82. The molecular formula is C14H23NO3. The molecule has 0 aromatic heterocycles. The summed E-state index contributed by atoms with van der Waals surface area (Å²) in [5.74, 6) is -1.06. The van der Waals surface area contributed by atoms with E-state index >= 15 is 0 Å². The van der Waals surface area contributed by atoms with Gasteiger partial charge in [0.1, 0.15) is 0 Å². The monoisotopic (exact) mass is 253 g/mol. The van der Waals surface area contributed by atoms with Gasteiger partial charge in [-0.3, -0.25) is 9.59 Å². The van der Waals surface area contributed by atoms with Crippen LogP contribution in [0, 0.1) is 17.8 Å². The molecule has 0 radical (unpaired) electrons. The lowest BCUT2D eigenvalue weighted by molar-refractivity contribution is -0.146. The van der Waals surface area contributed by atoms with Crippen LogP contribution in [0.4, 0.5) is 0 Å². The van der Waals surface area contributed by atoms with Crippen LogP contribution >= 0.6 is 0 Å². The molecule has 102 valence electrons. The topological polar surface area (TPSA) is 66.4 Å². The maximum atomic E-state index is 12.2. The highest BCUT2D eigenvalue weighted by atomic mass is 16.4. The summed E-state index contributed by atoms with van der Waals surface area (Å²) in [6.07, 6.45) is 7.11. The van der Waals surface area contributed by atoms with Crippen LogP contribution in [0.5, 0.6) is 0 Å². The molecule has 2 saturated carbocycles. The SMILES string of the molecule is C[C@@H](NC(=O)[C@@H]1CCC[C@@H]1C(=O)O)C1CCCC1. The van der Waals surface area contributed by atoms with Gasteiger partial charge in [0.2, 0.25) is 5.91 Å². The van der Waals surface area contributed by atoms with E-state index in [9.17, 15) is 9.59 Å². The van der Waals surface area contributed by atoms with Crippen molar-refractivity contribution >= 4 is 11.9 Å². The lowest BCUT2D eigenvalue weighted by atomic mass is 9.93. The van der Waals surface area contributed by atoms with Crippen molar-refractivity contribution < 1.29 is 14.7 Å². The van der Waals surface area contributed by atoms with Crippen molar-refractivity contribution in [3.63, 3.8) is 0 Å². The van der Waals surface area contributed by atoms with Crippen LogP contribution < -0.4 is 5.32 Å². The smallest absolute Gasteiger partial charge is 0.307 e. The van der Waals surface area contributed by atoms with Crippen LogP contribution in [0.3, 0.4) is 0 Å². The Balaban J connectivity index is 1.88. The van der Waals surface area contributed by atoms with E-state index in [1.54, 1.807) is 0 Å². The maximum absolute atomic E-state index is 12.2. The van der Waals surface area contributed by atoms with Crippen molar-refractivity contribution in [1.82, 2.24) is 5.32 Å². The third-order valence-corrected chi connectivity index (χ3v) is 4.65. The largest absolute Gasteiger partial charge is 0.481 e. The fourth-order valence-electron chi connectivity index (χ4n) is 3.48. The Labute approximate surface area is 108 Å². The molecule has 2 aliphatic carbocycles. The van der Waals surface area contributed by atoms with Crippen molar-refractivity contribution in [2.75, 3.05) is 0 Å². The third kappa shape index (κ3) is 2.85. The average Bonchev–Trinajstić information content (AvgIpc) is 3.00. The van der Waals surface area contributed by atoms with Crippen molar-refractivity contribution in [2.45, 2.75) is 57.9 Å². The fraction of sp³-hybridized carbons (Fsp3) is 0.857. The molecule has 2 N–H and O–H groups in total. The zero-order valence-electron chi connectivity index (χ0n) is 11.0. The Hall–Kier alpha value is -1.06. The maximum Gasteiger partial charge on any atom is 0.307 e. The fourth-order valence-corrected chi connectivity index (χ4v) is 3.48. The van der Waals surface area contributed by atoms with Crippen molar-refractivity contribution in [3.05, 3.63) is 0 Å². The zero-order valence-corrected chi connectivity index (χ0v) is 11.0. The van der Waals surface area contributed by atoms with Gasteiger partial charge in [-0.25, -0.2) is 0 Å². The number of carboxylic acids is 1. The van der Waals surface area contributed by atoms with Crippen LogP contribution in [0.15, 0.2) is 0 Å². The Morgan fingerprint density at radius 1 is 1.06 bits per heavy atom. The Morgan fingerprint density at radius 3 is 2.28 bits per heavy atom. The predicted molar refractivity (Wildman–Crippen MR) is 68.0 cm³/mol. The van der Waals surface area contributed by atoms with Crippen LogP contribution in [-0.2, 0) is 9.59 Å². The first-order chi connectivity index (χ1) is 8.59. The van der Waals surface area contributed by atoms with E-state index in [-0.39, 0.29) is 17.9 Å². The summed E-state index contributed by atoms with van der Waals surface area (Å²) < 4.78 is 0. The first-order valence-electron chi connectivity index (χ1n) is 7.12. The van der Waals surface area contributed by atoms with Crippen LogP contribution in [-0.4, -0.2) is 23.0 Å². The molecular weight excluding hydrogens is 230 g/mol. The molecule has 0 aromatic rings. The summed E-state index contributed by atoms with van der Waals surface area (Å²) in [5, 5.41) is 12.1. The summed E-state index contributed by atoms with van der Waals surface area (Å²) in [7, 11) is 0. The second kappa shape index (κ2) is 5.72. The number of hydrogen-bond donors (Lipinski definition) is 2. The first kappa shape index (κ1) is 13.4. The van der Waals surface area contributed by atoms with Gasteiger partial charge in [0.05, 0.1) is 11.8 Å². The molecule has 0 saturated heterocycles. The lowest BCUT2D eigenvalue weighted by Gasteiger charge is -2.23. The summed E-state index contributed by atoms with van der Waals surface area (Å²) in [4.78, 5) is 23.2. The third-order valence-electron chi connectivity index (χ3n) is 4.65. The summed E-state index contributed by atoms with van der Waals surface area (Å²) in [6.45, 7) is 2.05. The van der Waals surface area contributed by atoms with Gasteiger partial charge >= 0.3 is 5.97 Å². The molecule has 1 amide bonds. The molecule has 0 aliphatic heterocycles. The molecule has 4 nitrogen and oxygen atoms in total. The number of carboxylic acid groups (broad SMARTS) is 1. The van der Waals surface area contributed by atoms with Crippen LogP contribution in [0.25, 0.3) is 0 Å². The highest BCUT2D eigenvalue weighted by Crippen LogP contribution is 2.33. The van der Waals surface area contributed by atoms with E-state index in [0.717, 1.165) is 12.8 Å². The van der Waals surface area contributed by atoms with Gasteiger partial charge in [0.15, 0.2) is 0 Å². The molecule has 0 heterocycles.